The van der Waals surface area contributed by atoms with Crippen LogP contribution in [0.15, 0.2) is 150 Å². The van der Waals surface area contributed by atoms with Crippen molar-refractivity contribution >= 4 is 44.7 Å². The van der Waals surface area contributed by atoms with Crippen molar-refractivity contribution in [2.45, 2.75) is 49.7 Å². The number of nitrogens with zero attached hydrogens (tertiary/aromatic N) is 3. The van der Waals surface area contributed by atoms with Gasteiger partial charge in [-0.1, -0.05) is 97.1 Å². The molecule has 0 unspecified atom stereocenters. The zero-order valence-electron chi connectivity index (χ0n) is 38.9. The van der Waals surface area contributed by atoms with Gasteiger partial charge in [0, 0.05) is 63.6 Å². The van der Waals surface area contributed by atoms with E-state index in [0.29, 0.717) is 54.4 Å². The molecule has 6 N–H and O–H groups in total. The molecule has 7 aromatic rings. The number of nitrogens with one attached hydrogen (secondary N) is 4. The SMILES string of the molecule is COC(=O)[C@H](CNC(=O)c1cn(C)c2cc(CNc3nccn3C(c3ccccc3)(c3ccccc3)c3ccccc3)ccc2c1=O)NS(=O)(=O)c1c(C)cc(OCCCC(=O)NCCN)cc1C. The summed E-state index contributed by atoms with van der Waals surface area (Å²) >= 11 is 0. The Balaban J connectivity index is 1.06. The number of pyridine rings is 1. The molecule has 0 aliphatic rings. The molecule has 0 saturated heterocycles. The number of rotatable bonds is 21. The maximum Gasteiger partial charge on any atom is 0.325 e. The smallest absolute Gasteiger partial charge is 0.325 e. The molecule has 69 heavy (non-hydrogen) atoms. The molecule has 0 radical (unpaired) electrons. The van der Waals surface area contributed by atoms with Crippen molar-refractivity contribution in [1.82, 2.24) is 29.5 Å². The largest absolute Gasteiger partial charge is 0.494 e. The Morgan fingerprint density at radius 1 is 0.841 bits per heavy atom. The zero-order chi connectivity index (χ0) is 49.1. The van der Waals surface area contributed by atoms with Gasteiger partial charge in [0.15, 0.2) is 0 Å². The van der Waals surface area contributed by atoms with Crippen LogP contribution in [0.4, 0.5) is 5.95 Å². The van der Waals surface area contributed by atoms with Crippen molar-refractivity contribution in [1.29, 1.82) is 0 Å². The first-order valence-corrected chi connectivity index (χ1v) is 23.9. The van der Waals surface area contributed by atoms with Gasteiger partial charge in [-0.2, -0.15) is 4.72 Å². The first-order valence-electron chi connectivity index (χ1n) is 22.4. The Hall–Kier alpha value is -7.60. The van der Waals surface area contributed by atoms with Gasteiger partial charge in [-0.15, -0.1) is 0 Å². The van der Waals surface area contributed by atoms with Crippen LogP contribution in [0.25, 0.3) is 10.9 Å². The van der Waals surface area contributed by atoms with Crippen LogP contribution in [-0.2, 0) is 43.5 Å². The van der Waals surface area contributed by atoms with Crippen LogP contribution in [0.1, 0.15) is 56.6 Å². The molecule has 2 aromatic heterocycles. The minimum atomic E-state index is -4.36. The number of benzene rings is 5. The van der Waals surface area contributed by atoms with Crippen LogP contribution < -0.4 is 36.6 Å². The molecule has 358 valence electrons. The molecule has 5 aromatic carbocycles. The standard InChI is InChI=1S/C52H56N8O8S/c1-35-29-41(68-28-14-21-46(61)54-25-24-53)30-36(2)48(35)69(65,66)58-44(50(64)67-4)33-56-49(63)43-34-59(3)45-31-37(22-23-42(45)47(43)62)32-57-51-55-26-27-60(51)52(38-15-8-5-9-16-38,39-17-10-6-11-18-39)40-19-12-7-13-20-40/h5-13,15-20,22-23,26-27,29-31,34,44,58H,14,21,24-25,28,32-33,53H2,1-4H3,(H,54,61)(H,55,57)(H,56,63)/t44-/m0/s1. The number of amides is 2. The topological polar surface area (TPSA) is 218 Å². The molecular formula is C52H56N8O8S. The average molecular weight is 953 g/mol. The third-order valence-corrected chi connectivity index (χ3v) is 13.5. The van der Waals surface area contributed by atoms with Gasteiger partial charge in [-0.3, -0.25) is 23.7 Å². The Morgan fingerprint density at radius 3 is 2.03 bits per heavy atom. The number of carbonyl (C=O) groups excluding carboxylic acids is 3. The van der Waals surface area contributed by atoms with Gasteiger partial charge in [0.25, 0.3) is 5.91 Å². The molecular weight excluding hydrogens is 897 g/mol. The van der Waals surface area contributed by atoms with Crippen molar-refractivity contribution < 1.29 is 32.3 Å². The molecule has 2 amide bonds. The highest BCUT2D eigenvalue weighted by atomic mass is 32.2. The van der Waals surface area contributed by atoms with E-state index in [-0.39, 0.29) is 34.8 Å². The second kappa shape index (κ2) is 22.0. The fourth-order valence-corrected chi connectivity index (χ4v) is 10.3. The Morgan fingerprint density at radius 2 is 1.45 bits per heavy atom. The fourth-order valence-electron chi connectivity index (χ4n) is 8.63. The second-order valence-corrected chi connectivity index (χ2v) is 18.2. The number of fused-ring (bicyclic) bond motifs is 1. The van der Waals surface area contributed by atoms with E-state index in [1.165, 1.54) is 6.20 Å². The maximum atomic E-state index is 13.9. The summed E-state index contributed by atoms with van der Waals surface area (Å²) in [5.74, 6) is -0.888. The van der Waals surface area contributed by atoms with Crippen LogP contribution in [0.3, 0.4) is 0 Å². The lowest BCUT2D eigenvalue weighted by Gasteiger charge is -2.38. The van der Waals surface area contributed by atoms with Gasteiger partial charge < -0.3 is 35.7 Å². The number of hydrogen-bond acceptors (Lipinski definition) is 11. The summed E-state index contributed by atoms with van der Waals surface area (Å²) in [5.41, 5.74) is 9.09. The summed E-state index contributed by atoms with van der Waals surface area (Å²) < 4.78 is 44.4. The lowest BCUT2D eigenvalue weighted by Crippen LogP contribution is -2.49. The normalized spacial score (nSPS) is 12.0. The van der Waals surface area contributed by atoms with E-state index in [2.05, 4.69) is 61.6 Å². The molecule has 2 heterocycles. The fraction of sp³-hybridized carbons (Fsp3) is 0.250. The van der Waals surface area contributed by atoms with Crippen LogP contribution in [-0.4, -0.2) is 79.7 Å². The lowest BCUT2D eigenvalue weighted by molar-refractivity contribution is -0.142. The first-order chi connectivity index (χ1) is 33.3. The van der Waals surface area contributed by atoms with Crippen molar-refractivity contribution in [2.24, 2.45) is 12.8 Å². The van der Waals surface area contributed by atoms with Gasteiger partial charge in [-0.25, -0.2) is 13.4 Å². The van der Waals surface area contributed by atoms with Crippen molar-refractivity contribution in [2.75, 3.05) is 38.7 Å². The number of nitrogens with two attached hydrogens (primary N) is 1. The number of aryl methyl sites for hydroxylation is 3. The van der Waals surface area contributed by atoms with Crippen LogP contribution in [0.5, 0.6) is 5.75 Å². The Labute approximate surface area is 400 Å². The van der Waals surface area contributed by atoms with Crippen LogP contribution in [0.2, 0.25) is 0 Å². The molecule has 0 fully saturated rings. The van der Waals surface area contributed by atoms with E-state index < -0.39 is 45.5 Å². The average Bonchev–Trinajstić information content (AvgIpc) is 3.83. The van der Waals surface area contributed by atoms with E-state index >= 15 is 0 Å². The highest BCUT2D eigenvalue weighted by Gasteiger charge is 2.40. The number of anilines is 1. The molecule has 0 spiro atoms. The van der Waals surface area contributed by atoms with Crippen LogP contribution >= 0.6 is 0 Å². The summed E-state index contributed by atoms with van der Waals surface area (Å²) in [6, 6.07) is 37.7. The van der Waals surface area contributed by atoms with Gasteiger partial charge in [0.1, 0.15) is 22.9 Å². The molecule has 16 nitrogen and oxygen atoms in total. The number of esters is 1. The zero-order valence-corrected chi connectivity index (χ0v) is 39.7. The predicted octanol–water partition coefficient (Wildman–Crippen LogP) is 5.29. The van der Waals surface area contributed by atoms with E-state index in [9.17, 15) is 27.6 Å². The van der Waals surface area contributed by atoms with E-state index in [4.69, 9.17) is 20.2 Å². The maximum absolute atomic E-state index is 13.9. The number of imidazole rings is 1. The summed E-state index contributed by atoms with van der Waals surface area (Å²) in [4.78, 5) is 57.1. The van der Waals surface area contributed by atoms with E-state index in [0.717, 1.165) is 29.4 Å². The Kier molecular flexibility index (Phi) is 15.7. The van der Waals surface area contributed by atoms with E-state index in [1.54, 1.807) is 55.9 Å². The van der Waals surface area contributed by atoms with Gasteiger partial charge in [0.05, 0.1) is 24.1 Å². The lowest BCUT2D eigenvalue weighted by atomic mass is 9.76. The second-order valence-electron chi connectivity index (χ2n) is 16.5. The van der Waals surface area contributed by atoms with Gasteiger partial charge in [0.2, 0.25) is 27.3 Å². The number of hydrogen-bond donors (Lipinski definition) is 5. The number of carbonyl (C=O) groups is 3. The summed E-state index contributed by atoms with van der Waals surface area (Å²) in [6.07, 6.45) is 5.81. The molecule has 0 bridgehead atoms. The molecule has 0 aliphatic carbocycles. The van der Waals surface area contributed by atoms with E-state index in [1.807, 2.05) is 66.9 Å². The highest BCUT2D eigenvalue weighted by Crippen LogP contribution is 2.42. The number of methoxy groups -OCH3 is 1. The van der Waals surface area contributed by atoms with Crippen molar-refractivity contribution in [3.8, 4) is 5.75 Å². The quantitative estimate of drug-likeness (QED) is 0.0354. The molecule has 0 aliphatic heterocycles. The molecule has 17 heteroatoms. The number of ether oxygens (including phenoxy) is 2. The summed E-state index contributed by atoms with van der Waals surface area (Å²) in [7, 11) is -1.55. The molecule has 0 saturated carbocycles. The Bertz CT molecular complexity index is 2990. The number of sulfonamides is 1. The highest BCUT2D eigenvalue weighted by molar-refractivity contribution is 7.89. The first kappa shape index (κ1) is 49.3. The minimum Gasteiger partial charge on any atom is -0.494 e. The third-order valence-electron chi connectivity index (χ3n) is 11.8. The summed E-state index contributed by atoms with van der Waals surface area (Å²) in [6.45, 7) is 3.94. The van der Waals surface area contributed by atoms with Crippen molar-refractivity contribution in [3.63, 3.8) is 0 Å². The molecule has 7 rings (SSSR count). The van der Waals surface area contributed by atoms with Gasteiger partial charge in [-0.05, 0) is 77.9 Å². The predicted molar refractivity (Wildman–Crippen MR) is 265 cm³/mol. The van der Waals surface area contributed by atoms with Crippen LogP contribution in [0, 0.1) is 13.8 Å². The van der Waals surface area contributed by atoms with Crippen molar-refractivity contribution in [3.05, 3.63) is 189 Å². The summed E-state index contributed by atoms with van der Waals surface area (Å²) in [5, 5.41) is 9.06. The number of aromatic nitrogens is 3. The monoisotopic (exact) mass is 952 g/mol. The minimum absolute atomic E-state index is 0.0842. The third kappa shape index (κ3) is 10.9. The molecule has 1 atom stereocenters. The van der Waals surface area contributed by atoms with Gasteiger partial charge >= 0.3 is 5.97 Å².